The van der Waals surface area contributed by atoms with Crippen molar-refractivity contribution in [3.8, 4) is 0 Å². The largest absolute Gasteiger partial charge is 0.382 e. The number of hydrogen-bond acceptors (Lipinski definition) is 6. The van der Waals surface area contributed by atoms with Crippen LogP contribution in [0.15, 0.2) is 4.52 Å². The summed E-state index contributed by atoms with van der Waals surface area (Å²) < 4.78 is 14.6. The van der Waals surface area contributed by atoms with E-state index in [1.54, 1.807) is 14.0 Å². The molecule has 0 aromatic carbocycles. The van der Waals surface area contributed by atoms with Gasteiger partial charge in [-0.25, -0.2) is 0 Å². The Morgan fingerprint density at radius 1 is 1.47 bits per heavy atom. The molecule has 17 heavy (non-hydrogen) atoms. The number of aryl methyl sites for hydroxylation is 1. The minimum absolute atomic E-state index is 0.0363. The molecule has 1 N–H and O–H groups in total. The third-order valence-corrected chi connectivity index (χ3v) is 1.91. The number of carbonyl (C=O) groups is 1. The van der Waals surface area contributed by atoms with Gasteiger partial charge in [-0.05, 0) is 0 Å². The zero-order chi connectivity index (χ0) is 12.5. The number of aromatic nitrogens is 2. The Morgan fingerprint density at radius 3 is 2.94 bits per heavy atom. The molecular formula is C10H17N3O4. The van der Waals surface area contributed by atoms with Gasteiger partial charge < -0.3 is 19.3 Å². The SMILES string of the molecule is COCCOCC(=O)NCCc1noc(C)n1. The minimum Gasteiger partial charge on any atom is -0.382 e. The average molecular weight is 243 g/mol. The van der Waals surface area contributed by atoms with Gasteiger partial charge in [-0.1, -0.05) is 5.16 Å². The van der Waals surface area contributed by atoms with Crippen molar-refractivity contribution in [3.05, 3.63) is 11.7 Å². The number of amides is 1. The maximum atomic E-state index is 11.3. The summed E-state index contributed by atoms with van der Waals surface area (Å²) in [5.74, 6) is 0.943. The van der Waals surface area contributed by atoms with Crippen LogP contribution in [-0.2, 0) is 20.7 Å². The predicted octanol–water partition coefficient (Wildman–Crippen LogP) is -0.300. The van der Waals surface area contributed by atoms with Crippen molar-refractivity contribution < 1.29 is 18.8 Å². The highest BCUT2D eigenvalue weighted by Crippen LogP contribution is 1.94. The Bertz CT molecular complexity index is 340. The minimum atomic E-state index is -0.165. The molecule has 0 spiro atoms. The lowest BCUT2D eigenvalue weighted by Crippen LogP contribution is -2.30. The maximum absolute atomic E-state index is 11.3. The normalized spacial score (nSPS) is 10.5. The second-order valence-electron chi connectivity index (χ2n) is 3.37. The number of methoxy groups -OCH3 is 1. The Balaban J connectivity index is 2.04. The molecule has 1 aromatic rings. The Labute approximate surface area is 99.5 Å². The smallest absolute Gasteiger partial charge is 0.246 e. The van der Waals surface area contributed by atoms with Crippen LogP contribution in [0.25, 0.3) is 0 Å². The van der Waals surface area contributed by atoms with Gasteiger partial charge in [-0.15, -0.1) is 0 Å². The lowest BCUT2D eigenvalue weighted by Gasteiger charge is -2.04. The van der Waals surface area contributed by atoms with E-state index in [-0.39, 0.29) is 12.5 Å². The van der Waals surface area contributed by atoms with Gasteiger partial charge in [0, 0.05) is 27.0 Å². The summed E-state index contributed by atoms with van der Waals surface area (Å²) in [6, 6.07) is 0. The second kappa shape index (κ2) is 7.75. The first-order valence-electron chi connectivity index (χ1n) is 5.35. The van der Waals surface area contributed by atoms with Crippen LogP contribution in [0, 0.1) is 6.92 Å². The van der Waals surface area contributed by atoms with E-state index in [2.05, 4.69) is 15.5 Å². The summed E-state index contributed by atoms with van der Waals surface area (Å²) in [5, 5.41) is 6.40. The molecule has 0 saturated heterocycles. The van der Waals surface area contributed by atoms with Gasteiger partial charge in [0.15, 0.2) is 5.82 Å². The fourth-order valence-electron chi connectivity index (χ4n) is 1.11. The van der Waals surface area contributed by atoms with Crippen LogP contribution in [0.4, 0.5) is 0 Å². The van der Waals surface area contributed by atoms with Crippen LogP contribution >= 0.6 is 0 Å². The molecule has 7 heteroatoms. The van der Waals surface area contributed by atoms with Crippen molar-refractivity contribution in [2.75, 3.05) is 33.5 Å². The molecule has 0 fully saturated rings. The quantitative estimate of drug-likeness (QED) is 0.631. The van der Waals surface area contributed by atoms with E-state index in [4.69, 9.17) is 14.0 Å². The molecule has 0 aliphatic heterocycles. The topological polar surface area (TPSA) is 86.5 Å². The van der Waals surface area contributed by atoms with Gasteiger partial charge >= 0.3 is 0 Å². The molecule has 0 radical (unpaired) electrons. The zero-order valence-electron chi connectivity index (χ0n) is 10.1. The molecule has 0 aliphatic rings. The van der Waals surface area contributed by atoms with Gasteiger partial charge in [-0.2, -0.15) is 4.98 Å². The first-order chi connectivity index (χ1) is 8.22. The van der Waals surface area contributed by atoms with Crippen LogP contribution in [0.3, 0.4) is 0 Å². The Kier molecular flexibility index (Phi) is 6.19. The number of ether oxygens (including phenoxy) is 2. The summed E-state index contributed by atoms with van der Waals surface area (Å²) in [7, 11) is 1.58. The van der Waals surface area contributed by atoms with E-state index in [1.165, 1.54) is 0 Å². The van der Waals surface area contributed by atoms with Crippen molar-refractivity contribution in [2.45, 2.75) is 13.3 Å². The number of rotatable bonds is 8. The Hall–Kier alpha value is -1.47. The molecule has 0 unspecified atom stereocenters. The average Bonchev–Trinajstić information content (AvgIpc) is 2.71. The summed E-state index contributed by atoms with van der Waals surface area (Å²) in [5.41, 5.74) is 0. The van der Waals surface area contributed by atoms with Crippen LogP contribution in [0.5, 0.6) is 0 Å². The third-order valence-electron chi connectivity index (χ3n) is 1.91. The number of nitrogens with one attached hydrogen (secondary N) is 1. The molecule has 1 aromatic heterocycles. The van der Waals surface area contributed by atoms with Crippen molar-refractivity contribution in [1.82, 2.24) is 15.5 Å². The van der Waals surface area contributed by atoms with E-state index in [9.17, 15) is 4.79 Å². The van der Waals surface area contributed by atoms with Gasteiger partial charge in [-0.3, -0.25) is 4.79 Å². The lowest BCUT2D eigenvalue weighted by molar-refractivity contribution is -0.126. The molecule has 1 amide bonds. The number of carbonyl (C=O) groups excluding carboxylic acids is 1. The van der Waals surface area contributed by atoms with Crippen LogP contribution in [-0.4, -0.2) is 49.5 Å². The van der Waals surface area contributed by atoms with Crippen molar-refractivity contribution in [3.63, 3.8) is 0 Å². The van der Waals surface area contributed by atoms with Crippen LogP contribution < -0.4 is 5.32 Å². The standard InChI is InChI=1S/C10H17N3O4/c1-8-12-9(13-17-8)3-4-11-10(14)7-16-6-5-15-2/h3-7H2,1-2H3,(H,11,14). The maximum Gasteiger partial charge on any atom is 0.246 e. The lowest BCUT2D eigenvalue weighted by atomic mass is 10.4. The summed E-state index contributed by atoms with van der Waals surface area (Å²) >= 11 is 0. The molecule has 1 rings (SSSR count). The molecule has 96 valence electrons. The summed E-state index contributed by atoms with van der Waals surface area (Å²) in [6.07, 6.45) is 0.543. The highest BCUT2D eigenvalue weighted by molar-refractivity contribution is 5.77. The molecular weight excluding hydrogens is 226 g/mol. The molecule has 0 bridgehead atoms. The third kappa shape index (κ3) is 5.98. The van der Waals surface area contributed by atoms with Crippen molar-refractivity contribution >= 4 is 5.91 Å². The molecule has 0 aliphatic carbocycles. The van der Waals surface area contributed by atoms with E-state index in [1.807, 2.05) is 0 Å². The Morgan fingerprint density at radius 2 is 2.29 bits per heavy atom. The monoisotopic (exact) mass is 243 g/mol. The first-order valence-corrected chi connectivity index (χ1v) is 5.35. The van der Waals surface area contributed by atoms with Crippen LogP contribution in [0.2, 0.25) is 0 Å². The second-order valence-corrected chi connectivity index (χ2v) is 3.37. The predicted molar refractivity (Wildman–Crippen MR) is 58.4 cm³/mol. The molecule has 0 saturated carbocycles. The molecule has 1 heterocycles. The number of hydrogen-bond donors (Lipinski definition) is 1. The molecule has 0 atom stereocenters. The van der Waals surface area contributed by atoms with E-state index >= 15 is 0 Å². The van der Waals surface area contributed by atoms with E-state index in [0.29, 0.717) is 37.9 Å². The van der Waals surface area contributed by atoms with Gasteiger partial charge in [0.2, 0.25) is 11.8 Å². The highest BCUT2D eigenvalue weighted by Gasteiger charge is 2.04. The summed E-state index contributed by atoms with van der Waals surface area (Å²) in [6.45, 7) is 3.11. The highest BCUT2D eigenvalue weighted by atomic mass is 16.5. The zero-order valence-corrected chi connectivity index (χ0v) is 10.1. The van der Waals surface area contributed by atoms with Gasteiger partial charge in [0.1, 0.15) is 6.61 Å². The molecule has 7 nitrogen and oxygen atoms in total. The fraction of sp³-hybridized carbons (Fsp3) is 0.700. The van der Waals surface area contributed by atoms with E-state index < -0.39 is 0 Å². The van der Waals surface area contributed by atoms with Crippen molar-refractivity contribution in [1.29, 1.82) is 0 Å². The summed E-state index contributed by atoms with van der Waals surface area (Å²) in [4.78, 5) is 15.3. The fourth-order valence-corrected chi connectivity index (χ4v) is 1.11. The van der Waals surface area contributed by atoms with Gasteiger partial charge in [0.05, 0.1) is 13.2 Å². The van der Waals surface area contributed by atoms with E-state index in [0.717, 1.165) is 0 Å². The first kappa shape index (κ1) is 13.6. The van der Waals surface area contributed by atoms with Crippen LogP contribution in [0.1, 0.15) is 11.7 Å². The van der Waals surface area contributed by atoms with Crippen molar-refractivity contribution in [2.24, 2.45) is 0 Å². The van der Waals surface area contributed by atoms with Gasteiger partial charge in [0.25, 0.3) is 0 Å². The number of nitrogens with zero attached hydrogens (tertiary/aromatic N) is 2.